The molecule has 0 aliphatic heterocycles. The summed E-state index contributed by atoms with van der Waals surface area (Å²) in [6.07, 6.45) is 7.53. The van der Waals surface area contributed by atoms with E-state index in [1.54, 1.807) is 17.3 Å². The molecule has 0 spiro atoms. The van der Waals surface area contributed by atoms with Gasteiger partial charge in [-0.3, -0.25) is 9.80 Å². The fourth-order valence-electron chi connectivity index (χ4n) is 4.09. The second-order valence-electron chi connectivity index (χ2n) is 8.13. The van der Waals surface area contributed by atoms with Crippen LogP contribution in [-0.4, -0.2) is 41.5 Å². The van der Waals surface area contributed by atoms with Crippen LogP contribution in [-0.2, 0) is 5.54 Å². The van der Waals surface area contributed by atoms with Crippen LogP contribution in [0.5, 0.6) is 0 Å². The van der Waals surface area contributed by atoms with E-state index in [9.17, 15) is 4.79 Å². The number of amides is 2. The molecule has 2 aromatic rings. The SMILES string of the molecule is Cc1ncc(N(C[C@]2(C)CC[C@@](c3cccs3)(N(C)C)CC2)C(N)=O)cn1. The molecule has 2 heterocycles. The third-order valence-electron chi connectivity index (χ3n) is 6.01. The standard InChI is InChI=1S/C20H29N5OS/c1-15-22-12-16(13-23-15)25(18(21)26)14-19(2)7-9-20(10-8-19,24(3)4)17-6-5-11-27-17/h5-6,11-13H,7-10,14H2,1-4H3,(H2,21,26)/t19-,20-. The number of nitrogens with two attached hydrogens (primary N) is 1. The average Bonchev–Trinajstić information content (AvgIpc) is 3.16. The molecule has 1 aliphatic carbocycles. The summed E-state index contributed by atoms with van der Waals surface area (Å²) >= 11 is 1.83. The second-order valence-corrected chi connectivity index (χ2v) is 9.07. The van der Waals surface area contributed by atoms with Crippen molar-refractivity contribution in [2.24, 2.45) is 11.1 Å². The minimum Gasteiger partial charge on any atom is -0.351 e. The summed E-state index contributed by atoms with van der Waals surface area (Å²) in [7, 11) is 4.34. The summed E-state index contributed by atoms with van der Waals surface area (Å²) in [5, 5.41) is 2.15. The van der Waals surface area contributed by atoms with E-state index in [1.165, 1.54) is 4.88 Å². The van der Waals surface area contributed by atoms with E-state index in [2.05, 4.69) is 53.4 Å². The monoisotopic (exact) mass is 387 g/mol. The fourth-order valence-corrected chi connectivity index (χ4v) is 5.15. The van der Waals surface area contributed by atoms with Crippen molar-refractivity contribution in [2.45, 2.75) is 45.1 Å². The summed E-state index contributed by atoms with van der Waals surface area (Å²) < 4.78 is 0. The summed E-state index contributed by atoms with van der Waals surface area (Å²) in [4.78, 5) is 25.9. The third kappa shape index (κ3) is 3.99. The van der Waals surface area contributed by atoms with Crippen LogP contribution in [0.2, 0.25) is 0 Å². The topological polar surface area (TPSA) is 75.3 Å². The minimum absolute atomic E-state index is 0.0106. The smallest absolute Gasteiger partial charge is 0.319 e. The lowest BCUT2D eigenvalue weighted by molar-refractivity contribution is 0.0487. The minimum atomic E-state index is -0.452. The zero-order valence-electron chi connectivity index (χ0n) is 16.6. The summed E-state index contributed by atoms with van der Waals surface area (Å²) in [5.41, 5.74) is 6.44. The summed E-state index contributed by atoms with van der Waals surface area (Å²) in [5.74, 6) is 0.679. The molecule has 3 rings (SSSR count). The van der Waals surface area contributed by atoms with Gasteiger partial charge in [-0.05, 0) is 63.6 Å². The highest BCUT2D eigenvalue weighted by Crippen LogP contribution is 2.49. The zero-order valence-corrected chi connectivity index (χ0v) is 17.4. The first-order valence-electron chi connectivity index (χ1n) is 9.33. The Kier molecular flexibility index (Phi) is 5.53. The van der Waals surface area contributed by atoms with Crippen LogP contribution in [0.15, 0.2) is 29.9 Å². The summed E-state index contributed by atoms with van der Waals surface area (Å²) in [6, 6.07) is 3.92. The van der Waals surface area contributed by atoms with E-state index >= 15 is 0 Å². The predicted octanol–water partition coefficient (Wildman–Crippen LogP) is 3.77. The van der Waals surface area contributed by atoms with E-state index in [-0.39, 0.29) is 11.0 Å². The molecule has 0 radical (unpaired) electrons. The first-order chi connectivity index (χ1) is 12.8. The van der Waals surface area contributed by atoms with Crippen molar-refractivity contribution in [3.63, 3.8) is 0 Å². The molecule has 1 saturated carbocycles. The molecule has 2 amide bonds. The summed E-state index contributed by atoms with van der Waals surface area (Å²) in [6.45, 7) is 4.67. The number of aromatic nitrogens is 2. The maximum absolute atomic E-state index is 12.1. The molecule has 2 aromatic heterocycles. The van der Waals surface area contributed by atoms with Crippen LogP contribution in [0.4, 0.5) is 10.5 Å². The quantitative estimate of drug-likeness (QED) is 0.847. The number of nitrogens with zero attached hydrogens (tertiary/aromatic N) is 4. The van der Waals surface area contributed by atoms with E-state index in [1.807, 2.05) is 18.3 Å². The van der Waals surface area contributed by atoms with Crippen molar-refractivity contribution in [1.82, 2.24) is 14.9 Å². The number of anilines is 1. The van der Waals surface area contributed by atoms with Gasteiger partial charge in [0.2, 0.25) is 0 Å². The zero-order chi connectivity index (χ0) is 19.7. The van der Waals surface area contributed by atoms with E-state index in [4.69, 9.17) is 5.73 Å². The number of aryl methyl sites for hydroxylation is 1. The number of urea groups is 1. The van der Waals surface area contributed by atoms with Gasteiger partial charge in [-0.25, -0.2) is 14.8 Å². The number of carbonyl (C=O) groups is 1. The van der Waals surface area contributed by atoms with Gasteiger partial charge in [0.25, 0.3) is 0 Å². The molecule has 0 aromatic carbocycles. The number of hydrogen-bond donors (Lipinski definition) is 1. The van der Waals surface area contributed by atoms with Crippen LogP contribution in [0.3, 0.4) is 0 Å². The number of hydrogen-bond acceptors (Lipinski definition) is 5. The molecule has 0 saturated heterocycles. The first-order valence-corrected chi connectivity index (χ1v) is 10.2. The second kappa shape index (κ2) is 7.56. The van der Waals surface area contributed by atoms with Crippen LogP contribution in [0, 0.1) is 12.3 Å². The van der Waals surface area contributed by atoms with Crippen molar-refractivity contribution in [3.05, 3.63) is 40.6 Å². The lowest BCUT2D eigenvalue weighted by atomic mass is 9.67. The maximum Gasteiger partial charge on any atom is 0.319 e. The molecule has 0 atom stereocenters. The largest absolute Gasteiger partial charge is 0.351 e. The van der Waals surface area contributed by atoms with Crippen LogP contribution < -0.4 is 10.6 Å². The Morgan fingerprint density at radius 2 is 1.85 bits per heavy atom. The Morgan fingerprint density at radius 1 is 1.22 bits per heavy atom. The van der Waals surface area contributed by atoms with Gasteiger partial charge in [0, 0.05) is 11.4 Å². The highest BCUT2D eigenvalue weighted by atomic mass is 32.1. The molecule has 27 heavy (non-hydrogen) atoms. The number of carbonyl (C=O) groups excluding carboxylic acids is 1. The Morgan fingerprint density at radius 3 is 2.33 bits per heavy atom. The maximum atomic E-state index is 12.1. The number of rotatable bonds is 5. The molecule has 0 unspecified atom stereocenters. The molecule has 2 N–H and O–H groups in total. The predicted molar refractivity (Wildman–Crippen MR) is 110 cm³/mol. The molecule has 1 fully saturated rings. The van der Waals surface area contributed by atoms with E-state index < -0.39 is 6.03 Å². The lowest BCUT2D eigenvalue weighted by Crippen LogP contribution is -2.50. The van der Waals surface area contributed by atoms with Gasteiger partial charge in [0.1, 0.15) is 5.82 Å². The number of thiophene rings is 1. The third-order valence-corrected chi connectivity index (χ3v) is 7.07. The Hall–Kier alpha value is -1.99. The Balaban J connectivity index is 1.78. The van der Waals surface area contributed by atoms with Gasteiger partial charge in [0.15, 0.2) is 0 Å². The molecular formula is C20H29N5OS. The van der Waals surface area contributed by atoms with E-state index in [0.717, 1.165) is 25.7 Å². The lowest BCUT2D eigenvalue weighted by Gasteiger charge is -2.49. The van der Waals surface area contributed by atoms with Crippen molar-refractivity contribution >= 4 is 23.1 Å². The molecule has 7 heteroatoms. The molecule has 146 valence electrons. The Bertz CT molecular complexity index is 764. The van der Waals surface area contributed by atoms with Gasteiger partial charge in [-0.2, -0.15) is 0 Å². The normalized spacial score (nSPS) is 25.5. The first kappa shape index (κ1) is 19.8. The van der Waals surface area contributed by atoms with Crippen molar-refractivity contribution in [3.8, 4) is 0 Å². The van der Waals surface area contributed by atoms with Gasteiger partial charge in [-0.1, -0.05) is 13.0 Å². The van der Waals surface area contributed by atoms with Crippen LogP contribution in [0.1, 0.15) is 43.3 Å². The number of primary amides is 1. The van der Waals surface area contributed by atoms with Gasteiger partial charge in [-0.15, -0.1) is 11.3 Å². The van der Waals surface area contributed by atoms with Crippen molar-refractivity contribution in [2.75, 3.05) is 25.5 Å². The van der Waals surface area contributed by atoms with Gasteiger partial charge < -0.3 is 5.73 Å². The van der Waals surface area contributed by atoms with Crippen molar-refractivity contribution < 1.29 is 4.79 Å². The van der Waals surface area contributed by atoms with Crippen molar-refractivity contribution in [1.29, 1.82) is 0 Å². The fraction of sp³-hybridized carbons (Fsp3) is 0.550. The van der Waals surface area contributed by atoms with Gasteiger partial charge in [0.05, 0.1) is 23.6 Å². The van der Waals surface area contributed by atoms with E-state index in [0.29, 0.717) is 18.1 Å². The van der Waals surface area contributed by atoms with Crippen LogP contribution >= 0.6 is 11.3 Å². The molecule has 0 bridgehead atoms. The molecular weight excluding hydrogens is 358 g/mol. The molecule has 6 nitrogen and oxygen atoms in total. The Labute approximate surface area is 165 Å². The highest BCUT2D eigenvalue weighted by Gasteiger charge is 2.44. The van der Waals surface area contributed by atoms with Gasteiger partial charge >= 0.3 is 6.03 Å². The highest BCUT2D eigenvalue weighted by molar-refractivity contribution is 7.10. The van der Waals surface area contributed by atoms with Crippen LogP contribution in [0.25, 0.3) is 0 Å². The molecule has 1 aliphatic rings. The average molecular weight is 388 g/mol.